The number of aliphatic imine (C=N–C) groups is 2. The molecule has 0 spiro atoms. The number of para-hydroxylation sites is 1. The van der Waals surface area contributed by atoms with Crippen LogP contribution in [-0.4, -0.2) is 16.1 Å². The van der Waals surface area contributed by atoms with Gasteiger partial charge in [0.1, 0.15) is 12.0 Å². The number of aromatic nitrogens is 1. The molecule has 57 heavy (non-hydrogen) atoms. The third kappa shape index (κ3) is 4.21. The number of benzene rings is 10. The normalized spacial score (nSPS) is 14.8. The van der Waals surface area contributed by atoms with E-state index < -0.39 is 0 Å². The van der Waals surface area contributed by atoms with Crippen LogP contribution in [0.5, 0.6) is 0 Å². The number of hydrogen-bond acceptors (Lipinski definition) is 3. The van der Waals surface area contributed by atoms with Crippen molar-refractivity contribution in [3.8, 4) is 11.1 Å². The fourth-order valence-corrected chi connectivity index (χ4v) is 9.92. The number of nitrogens with zero attached hydrogens (tertiary/aromatic N) is 3. The van der Waals surface area contributed by atoms with E-state index in [0.29, 0.717) is 0 Å². The largest absolute Gasteiger partial charge is 0.344 e. The molecule has 1 unspecified atom stereocenters. The molecule has 264 valence electrons. The maximum absolute atomic E-state index is 5.26. The van der Waals surface area contributed by atoms with E-state index in [-0.39, 0.29) is 6.17 Å². The Morgan fingerprint density at radius 2 is 1.00 bits per heavy atom. The van der Waals surface area contributed by atoms with Gasteiger partial charge in [-0.15, -0.1) is 0 Å². The van der Waals surface area contributed by atoms with Gasteiger partial charge in [-0.05, 0) is 72.6 Å². The van der Waals surface area contributed by atoms with Crippen molar-refractivity contribution in [2.24, 2.45) is 9.98 Å². The van der Waals surface area contributed by atoms with Gasteiger partial charge in [-0.1, -0.05) is 164 Å². The molecule has 13 rings (SSSR count). The first-order valence-electron chi connectivity index (χ1n) is 19.6. The van der Waals surface area contributed by atoms with E-state index in [9.17, 15) is 0 Å². The first-order valence-corrected chi connectivity index (χ1v) is 19.6. The highest BCUT2D eigenvalue weighted by Gasteiger charge is 2.26. The molecular weight excluding hydrogens is 693 g/mol. The van der Waals surface area contributed by atoms with Crippen LogP contribution in [0.1, 0.15) is 22.9 Å². The van der Waals surface area contributed by atoms with E-state index in [4.69, 9.17) is 9.98 Å². The van der Waals surface area contributed by atoms with Crippen molar-refractivity contribution >= 4 is 92.9 Å². The molecule has 2 aromatic heterocycles. The second kappa shape index (κ2) is 11.5. The summed E-state index contributed by atoms with van der Waals surface area (Å²) in [6.07, 6.45) is -0.270. The maximum atomic E-state index is 5.26. The van der Waals surface area contributed by atoms with Gasteiger partial charge in [0.15, 0.2) is 5.84 Å². The van der Waals surface area contributed by atoms with Crippen LogP contribution in [0.15, 0.2) is 192 Å². The van der Waals surface area contributed by atoms with Crippen molar-refractivity contribution in [3.05, 3.63) is 199 Å². The molecule has 3 heterocycles. The summed E-state index contributed by atoms with van der Waals surface area (Å²) in [7, 11) is 0. The van der Waals surface area contributed by atoms with Gasteiger partial charge in [0.25, 0.3) is 0 Å². The molecule has 1 aliphatic rings. The highest BCUT2D eigenvalue weighted by Crippen LogP contribution is 2.50. The van der Waals surface area contributed by atoms with E-state index in [2.05, 4.69) is 180 Å². The minimum absolute atomic E-state index is 0.270. The molecule has 0 saturated carbocycles. The van der Waals surface area contributed by atoms with Crippen molar-refractivity contribution < 1.29 is 0 Å². The number of amidine groups is 2. The van der Waals surface area contributed by atoms with Gasteiger partial charge in [-0.25, -0.2) is 9.98 Å². The zero-order chi connectivity index (χ0) is 37.2. The zero-order valence-corrected chi connectivity index (χ0v) is 30.7. The Morgan fingerprint density at radius 1 is 0.404 bits per heavy atom. The number of fused-ring (bicyclic) bond motifs is 10. The quantitative estimate of drug-likeness (QED) is 0.180. The second-order valence-corrected chi connectivity index (χ2v) is 15.3. The third-order valence-corrected chi connectivity index (χ3v) is 12.3. The minimum Gasteiger partial charge on any atom is -0.344 e. The summed E-state index contributed by atoms with van der Waals surface area (Å²) in [6.45, 7) is 0. The predicted molar refractivity (Wildman–Crippen MR) is 240 cm³/mol. The minimum atomic E-state index is -0.270. The molecule has 12 aromatic rings. The Bertz CT molecular complexity index is 3650. The molecule has 0 saturated heterocycles. The summed E-state index contributed by atoms with van der Waals surface area (Å²) >= 11 is 0. The molecule has 0 radical (unpaired) electrons. The summed E-state index contributed by atoms with van der Waals surface area (Å²) in [5, 5.41) is 19.0. The van der Waals surface area contributed by atoms with Crippen LogP contribution >= 0.6 is 0 Å². The van der Waals surface area contributed by atoms with E-state index in [0.717, 1.165) is 33.7 Å². The van der Waals surface area contributed by atoms with Gasteiger partial charge in [0, 0.05) is 38.1 Å². The van der Waals surface area contributed by atoms with Gasteiger partial charge in [-0.2, -0.15) is 0 Å². The summed E-state index contributed by atoms with van der Waals surface area (Å²) in [5.41, 5.74) is 9.36. The lowest BCUT2D eigenvalue weighted by Crippen LogP contribution is -2.33. The van der Waals surface area contributed by atoms with Crippen molar-refractivity contribution in [1.82, 2.24) is 9.72 Å². The average Bonchev–Trinajstić information content (AvgIpc) is 3.81. The molecule has 0 aliphatic carbocycles. The fourth-order valence-electron chi connectivity index (χ4n) is 9.92. The van der Waals surface area contributed by atoms with Crippen molar-refractivity contribution in [2.45, 2.75) is 6.17 Å². The molecule has 4 nitrogen and oxygen atoms in total. The monoisotopic (exact) mass is 724 g/mol. The molecule has 10 aromatic carbocycles. The lowest BCUT2D eigenvalue weighted by Gasteiger charge is -2.24. The van der Waals surface area contributed by atoms with Crippen molar-refractivity contribution in [2.75, 3.05) is 0 Å². The first kappa shape index (κ1) is 30.7. The van der Waals surface area contributed by atoms with Gasteiger partial charge < -0.3 is 9.72 Å². The highest BCUT2D eigenvalue weighted by atomic mass is 15.2. The highest BCUT2D eigenvalue weighted by molar-refractivity contribution is 6.42. The average molecular weight is 725 g/mol. The van der Waals surface area contributed by atoms with Crippen LogP contribution in [0.25, 0.3) is 92.3 Å². The molecule has 0 amide bonds. The van der Waals surface area contributed by atoms with Crippen LogP contribution in [0.2, 0.25) is 0 Å². The van der Waals surface area contributed by atoms with E-state index in [1.807, 2.05) is 12.1 Å². The molecular formula is C53H32N4. The van der Waals surface area contributed by atoms with Crippen LogP contribution in [0.3, 0.4) is 0 Å². The van der Waals surface area contributed by atoms with E-state index >= 15 is 0 Å². The second-order valence-electron chi connectivity index (χ2n) is 15.3. The van der Waals surface area contributed by atoms with Crippen LogP contribution in [0, 0.1) is 0 Å². The third-order valence-electron chi connectivity index (χ3n) is 12.3. The molecule has 0 fully saturated rings. The van der Waals surface area contributed by atoms with Gasteiger partial charge in [0.2, 0.25) is 0 Å². The number of hydrogen-bond donors (Lipinski definition) is 1. The summed E-state index contributed by atoms with van der Waals surface area (Å²) in [6, 6.07) is 65.9. The van der Waals surface area contributed by atoms with E-state index in [1.165, 1.54) is 86.9 Å². The Balaban J connectivity index is 1.10. The lowest BCUT2D eigenvalue weighted by molar-refractivity contribution is 0.674. The maximum Gasteiger partial charge on any atom is 0.160 e. The molecule has 0 bridgehead atoms. The van der Waals surface area contributed by atoms with E-state index in [1.54, 1.807) is 0 Å². The van der Waals surface area contributed by atoms with Crippen molar-refractivity contribution in [3.63, 3.8) is 0 Å². The topological polar surface area (TPSA) is 41.2 Å². The van der Waals surface area contributed by atoms with Gasteiger partial charge >= 0.3 is 0 Å². The first-order chi connectivity index (χ1) is 28.3. The van der Waals surface area contributed by atoms with Gasteiger partial charge in [-0.3, -0.25) is 0 Å². The summed E-state index contributed by atoms with van der Waals surface area (Å²) in [4.78, 5) is 10.5. The summed E-state index contributed by atoms with van der Waals surface area (Å²) < 4.78 is 2.53. The van der Waals surface area contributed by atoms with Crippen LogP contribution in [-0.2, 0) is 0 Å². The SMILES string of the molecule is c1ccc(C2=NC(c3ccc(-c4cccc5c4cc4c6c5c5ccccc5c5ccc7c8ccccc8n4c7c56)c4ccccc34)=NC(c3ccccc3)N2)cc1. The van der Waals surface area contributed by atoms with Crippen LogP contribution in [0.4, 0.5) is 0 Å². The Hall–Kier alpha value is -7.56. The van der Waals surface area contributed by atoms with Crippen LogP contribution < -0.4 is 5.32 Å². The molecule has 1 aliphatic heterocycles. The molecule has 1 atom stereocenters. The lowest BCUT2D eigenvalue weighted by atomic mass is 9.87. The Kier molecular flexibility index (Phi) is 6.19. The smallest absolute Gasteiger partial charge is 0.160 e. The molecule has 1 N–H and O–H groups in total. The fraction of sp³-hybridized carbons (Fsp3) is 0.0189. The zero-order valence-electron chi connectivity index (χ0n) is 30.7. The molecule has 4 heteroatoms. The number of nitrogens with one attached hydrogen (secondary N) is 1. The standard InChI is InChI=1S/C53H32N4/c1-3-14-31(15-4-1)51-54-52(32-16-5-2-6-17-32)56-53(55-51)43-29-26-37(33-18-7-8-19-34(33)43)35-23-13-24-40-44(35)30-46-49-47(40)39-22-10-9-20-36(39)41-27-28-42-38-21-11-12-25-45(38)57(46)50(42)48(41)49/h1-30,51H,(H,54,55,56). The van der Waals surface area contributed by atoms with Gasteiger partial charge in [0.05, 0.1) is 16.6 Å². The predicted octanol–water partition coefficient (Wildman–Crippen LogP) is 13.0. The Labute approximate surface area is 327 Å². The summed E-state index contributed by atoms with van der Waals surface area (Å²) in [5.74, 6) is 1.54. The number of rotatable bonds is 4. The van der Waals surface area contributed by atoms with Crippen molar-refractivity contribution in [1.29, 1.82) is 0 Å². The Morgan fingerprint density at radius 3 is 1.82 bits per heavy atom.